The zero-order valence-corrected chi connectivity index (χ0v) is 13.2. The average molecular weight is 323 g/mol. The lowest BCUT2D eigenvalue weighted by atomic mass is 10.2. The van der Waals surface area contributed by atoms with Gasteiger partial charge in [0.15, 0.2) is 0 Å². The van der Waals surface area contributed by atoms with Crippen LogP contribution < -0.4 is 10.6 Å². The summed E-state index contributed by atoms with van der Waals surface area (Å²) in [6.45, 7) is 0.470. The van der Waals surface area contributed by atoms with Crippen LogP contribution in [-0.4, -0.2) is 25.5 Å². The predicted octanol–water partition coefficient (Wildman–Crippen LogP) is 2.79. The molecule has 1 amide bonds. The molecule has 0 bridgehead atoms. The van der Waals surface area contributed by atoms with E-state index in [1.165, 1.54) is 7.11 Å². The minimum atomic E-state index is -0.417. The van der Waals surface area contributed by atoms with Crippen LogP contribution in [0, 0.1) is 11.3 Å². The van der Waals surface area contributed by atoms with E-state index >= 15 is 0 Å². The third-order valence-electron chi connectivity index (χ3n) is 3.28. The standard InChI is InChI=1S/C18H17N3O3/c1-24-18(23)14-4-8-16(9-5-14)21-17(22)10-11-20-15-6-2-13(12-19)3-7-15/h2-9,20H,10-11H2,1H3,(H,21,22). The Balaban J connectivity index is 1.78. The molecule has 0 aliphatic rings. The molecule has 0 saturated carbocycles. The molecule has 24 heavy (non-hydrogen) atoms. The number of nitriles is 1. The lowest BCUT2D eigenvalue weighted by Crippen LogP contribution is -2.16. The van der Waals surface area contributed by atoms with Crippen LogP contribution in [0.15, 0.2) is 48.5 Å². The van der Waals surface area contributed by atoms with E-state index in [1.54, 1.807) is 48.5 Å². The van der Waals surface area contributed by atoms with E-state index in [9.17, 15) is 9.59 Å². The molecule has 0 heterocycles. The van der Waals surface area contributed by atoms with Crippen LogP contribution in [-0.2, 0) is 9.53 Å². The van der Waals surface area contributed by atoms with Gasteiger partial charge in [0.1, 0.15) is 0 Å². The highest BCUT2D eigenvalue weighted by Crippen LogP contribution is 2.11. The lowest BCUT2D eigenvalue weighted by Gasteiger charge is -2.08. The highest BCUT2D eigenvalue weighted by atomic mass is 16.5. The number of methoxy groups -OCH3 is 1. The number of benzene rings is 2. The predicted molar refractivity (Wildman–Crippen MR) is 90.7 cm³/mol. The molecule has 2 rings (SSSR count). The molecular formula is C18H17N3O3. The summed E-state index contributed by atoms with van der Waals surface area (Å²) in [4.78, 5) is 23.2. The van der Waals surface area contributed by atoms with Gasteiger partial charge in [0.25, 0.3) is 0 Å². The molecule has 0 aromatic heterocycles. The van der Waals surface area contributed by atoms with Crippen molar-refractivity contribution in [2.45, 2.75) is 6.42 Å². The Morgan fingerprint density at radius 3 is 2.25 bits per heavy atom. The SMILES string of the molecule is COC(=O)c1ccc(NC(=O)CCNc2ccc(C#N)cc2)cc1. The lowest BCUT2D eigenvalue weighted by molar-refractivity contribution is -0.115. The average Bonchev–Trinajstić information content (AvgIpc) is 2.62. The Hall–Kier alpha value is -3.33. The molecule has 6 nitrogen and oxygen atoms in total. The molecule has 2 aromatic carbocycles. The van der Waals surface area contributed by atoms with Crippen LogP contribution in [0.4, 0.5) is 11.4 Å². The van der Waals surface area contributed by atoms with Crippen LogP contribution in [0.5, 0.6) is 0 Å². The highest BCUT2D eigenvalue weighted by Gasteiger charge is 2.06. The first kappa shape index (κ1) is 17.0. The summed E-state index contributed by atoms with van der Waals surface area (Å²) in [5.74, 6) is -0.554. The Morgan fingerprint density at radius 2 is 1.67 bits per heavy atom. The maximum absolute atomic E-state index is 11.9. The van der Waals surface area contributed by atoms with Crippen molar-refractivity contribution in [3.8, 4) is 6.07 Å². The Bertz CT molecular complexity index is 747. The molecule has 2 aromatic rings. The topological polar surface area (TPSA) is 91.2 Å². The highest BCUT2D eigenvalue weighted by molar-refractivity contribution is 5.93. The largest absolute Gasteiger partial charge is 0.465 e. The quantitative estimate of drug-likeness (QED) is 0.798. The molecule has 0 spiro atoms. The normalized spacial score (nSPS) is 9.67. The number of hydrogen-bond donors (Lipinski definition) is 2. The van der Waals surface area contributed by atoms with E-state index in [0.717, 1.165) is 5.69 Å². The van der Waals surface area contributed by atoms with Gasteiger partial charge in [0, 0.05) is 24.3 Å². The first-order valence-electron chi connectivity index (χ1n) is 7.34. The second-order valence-corrected chi connectivity index (χ2v) is 4.98. The van der Waals surface area contributed by atoms with Crippen molar-refractivity contribution in [3.63, 3.8) is 0 Å². The summed E-state index contributed by atoms with van der Waals surface area (Å²) < 4.78 is 4.61. The van der Waals surface area contributed by atoms with Crippen molar-refractivity contribution in [2.24, 2.45) is 0 Å². The molecule has 0 unspecified atom stereocenters. The van der Waals surface area contributed by atoms with Crippen LogP contribution >= 0.6 is 0 Å². The van der Waals surface area contributed by atoms with E-state index in [2.05, 4.69) is 15.4 Å². The third kappa shape index (κ3) is 4.85. The van der Waals surface area contributed by atoms with Gasteiger partial charge in [0.2, 0.25) is 5.91 Å². The molecule has 0 aliphatic heterocycles. The van der Waals surface area contributed by atoms with Crippen LogP contribution in [0.3, 0.4) is 0 Å². The van der Waals surface area contributed by atoms with Crippen molar-refractivity contribution in [1.29, 1.82) is 5.26 Å². The zero-order valence-electron chi connectivity index (χ0n) is 13.2. The summed E-state index contributed by atoms with van der Waals surface area (Å²) in [5, 5.41) is 14.6. The van der Waals surface area contributed by atoms with Crippen molar-refractivity contribution in [3.05, 3.63) is 59.7 Å². The number of nitrogens with zero attached hydrogens (tertiary/aromatic N) is 1. The van der Waals surface area contributed by atoms with Gasteiger partial charge in [-0.1, -0.05) is 0 Å². The third-order valence-corrected chi connectivity index (χ3v) is 3.28. The van der Waals surface area contributed by atoms with E-state index < -0.39 is 5.97 Å². The van der Waals surface area contributed by atoms with Gasteiger partial charge in [-0.3, -0.25) is 4.79 Å². The van der Waals surface area contributed by atoms with Crippen molar-refractivity contribution in [1.82, 2.24) is 0 Å². The van der Waals surface area contributed by atoms with Crippen molar-refractivity contribution < 1.29 is 14.3 Å². The molecule has 0 radical (unpaired) electrons. The van der Waals surface area contributed by atoms with Gasteiger partial charge < -0.3 is 15.4 Å². The molecule has 0 fully saturated rings. The van der Waals surface area contributed by atoms with Crippen LogP contribution in [0.25, 0.3) is 0 Å². The maximum atomic E-state index is 11.9. The van der Waals surface area contributed by atoms with E-state index in [0.29, 0.717) is 29.8 Å². The van der Waals surface area contributed by atoms with E-state index in [1.807, 2.05) is 6.07 Å². The number of anilines is 2. The second-order valence-electron chi connectivity index (χ2n) is 4.98. The van der Waals surface area contributed by atoms with Crippen molar-refractivity contribution >= 4 is 23.3 Å². The first-order valence-corrected chi connectivity index (χ1v) is 7.34. The molecule has 0 saturated heterocycles. The summed E-state index contributed by atoms with van der Waals surface area (Å²) in [6, 6.07) is 15.6. The fourth-order valence-electron chi connectivity index (χ4n) is 2.01. The molecule has 6 heteroatoms. The fourth-order valence-corrected chi connectivity index (χ4v) is 2.01. The van der Waals surface area contributed by atoms with Crippen molar-refractivity contribution in [2.75, 3.05) is 24.3 Å². The number of hydrogen-bond acceptors (Lipinski definition) is 5. The maximum Gasteiger partial charge on any atom is 0.337 e. The minimum Gasteiger partial charge on any atom is -0.465 e. The van der Waals surface area contributed by atoms with Gasteiger partial charge >= 0.3 is 5.97 Å². The Kier molecular flexibility index (Phi) is 5.92. The van der Waals surface area contributed by atoms with Gasteiger partial charge in [-0.15, -0.1) is 0 Å². The van der Waals surface area contributed by atoms with E-state index in [4.69, 9.17) is 5.26 Å². The number of nitrogens with one attached hydrogen (secondary N) is 2. The van der Waals surface area contributed by atoms with Crippen LogP contribution in [0.2, 0.25) is 0 Å². The first-order chi connectivity index (χ1) is 11.6. The Labute approximate surface area is 140 Å². The summed E-state index contributed by atoms with van der Waals surface area (Å²) in [7, 11) is 1.32. The smallest absolute Gasteiger partial charge is 0.337 e. The van der Waals surface area contributed by atoms with Gasteiger partial charge in [0.05, 0.1) is 24.3 Å². The number of ether oxygens (including phenoxy) is 1. The molecule has 2 N–H and O–H groups in total. The van der Waals surface area contributed by atoms with Gasteiger partial charge in [-0.05, 0) is 48.5 Å². The van der Waals surface area contributed by atoms with E-state index in [-0.39, 0.29) is 5.91 Å². The minimum absolute atomic E-state index is 0.137. The molecule has 0 atom stereocenters. The summed E-state index contributed by atoms with van der Waals surface area (Å²) in [6.07, 6.45) is 0.290. The second kappa shape index (κ2) is 8.34. The number of rotatable bonds is 6. The van der Waals surface area contributed by atoms with Gasteiger partial charge in [-0.2, -0.15) is 5.26 Å². The summed E-state index contributed by atoms with van der Waals surface area (Å²) >= 11 is 0. The number of amides is 1. The molecular weight excluding hydrogens is 306 g/mol. The Morgan fingerprint density at radius 1 is 1.04 bits per heavy atom. The number of esters is 1. The number of carbonyl (C=O) groups is 2. The monoisotopic (exact) mass is 323 g/mol. The number of carbonyl (C=O) groups excluding carboxylic acids is 2. The fraction of sp³-hybridized carbons (Fsp3) is 0.167. The summed E-state index contributed by atoms with van der Waals surface area (Å²) in [5.41, 5.74) is 2.49. The molecule has 0 aliphatic carbocycles. The van der Waals surface area contributed by atoms with Crippen LogP contribution in [0.1, 0.15) is 22.3 Å². The van der Waals surface area contributed by atoms with Gasteiger partial charge in [-0.25, -0.2) is 4.79 Å². The molecule has 122 valence electrons. The zero-order chi connectivity index (χ0) is 17.4.